The van der Waals surface area contributed by atoms with Gasteiger partial charge < -0.3 is 0 Å². The zero-order valence-corrected chi connectivity index (χ0v) is 12.2. The number of alkyl halides is 1. The molecule has 20 heavy (non-hydrogen) atoms. The molecule has 1 unspecified atom stereocenters. The van der Waals surface area contributed by atoms with Crippen molar-refractivity contribution in [1.29, 1.82) is 0 Å². The summed E-state index contributed by atoms with van der Waals surface area (Å²) in [4.78, 5) is 3.74. The van der Waals surface area contributed by atoms with Crippen molar-refractivity contribution in [1.82, 2.24) is 4.98 Å². The molecule has 0 N–H and O–H groups in total. The van der Waals surface area contributed by atoms with Crippen molar-refractivity contribution in [3.05, 3.63) is 51.1 Å². The lowest BCUT2D eigenvalue weighted by molar-refractivity contribution is 0.361. The molecule has 0 aliphatic rings. The van der Waals surface area contributed by atoms with E-state index in [2.05, 4.69) is 4.98 Å². The van der Waals surface area contributed by atoms with Crippen molar-refractivity contribution < 1.29 is 13.2 Å². The van der Waals surface area contributed by atoms with E-state index < -0.39 is 17.8 Å². The first-order valence-electron chi connectivity index (χ1n) is 5.78. The molecule has 1 nitrogen and oxygen atoms in total. The minimum Gasteiger partial charge on any atom is -0.242 e. The Balaban J connectivity index is 2.73. The predicted octanol–water partition coefficient (Wildman–Crippen LogP) is 5.67. The zero-order chi connectivity index (χ0) is 15.0. The Kier molecular flexibility index (Phi) is 4.25. The van der Waals surface area contributed by atoms with Gasteiger partial charge in [-0.3, -0.25) is 0 Å². The van der Waals surface area contributed by atoms with Gasteiger partial charge in [0.25, 0.3) is 0 Å². The first kappa shape index (κ1) is 15.1. The summed E-state index contributed by atoms with van der Waals surface area (Å²) in [5.41, 5.74) is -0.260. The van der Waals surface area contributed by atoms with Crippen LogP contribution < -0.4 is 0 Å². The van der Waals surface area contributed by atoms with Crippen LogP contribution in [0.25, 0.3) is 11.3 Å². The average Bonchev–Trinajstić information content (AvgIpc) is 2.39. The second kappa shape index (κ2) is 5.62. The highest BCUT2D eigenvalue weighted by molar-refractivity contribution is 6.31. The standard InChI is InChI=1S/C14H10Cl2F3N/c1-6-3-4-8(12(18)11(6)16)14-13(19)9(7(2)17)5-10(15)20-14/h3-5,7H,1-2H3. The van der Waals surface area contributed by atoms with Crippen LogP contribution in [-0.2, 0) is 0 Å². The fourth-order valence-corrected chi connectivity index (χ4v) is 2.18. The molecule has 0 radical (unpaired) electrons. The molecule has 1 heterocycles. The number of hydrogen-bond acceptors (Lipinski definition) is 1. The van der Waals surface area contributed by atoms with Crippen molar-refractivity contribution in [2.24, 2.45) is 0 Å². The molecule has 0 saturated heterocycles. The van der Waals surface area contributed by atoms with Crippen LogP contribution in [0.3, 0.4) is 0 Å². The maximum absolute atomic E-state index is 14.2. The van der Waals surface area contributed by atoms with Gasteiger partial charge in [-0.05, 0) is 31.5 Å². The van der Waals surface area contributed by atoms with Crippen molar-refractivity contribution >= 4 is 23.2 Å². The molecule has 0 aliphatic heterocycles. The first-order chi connectivity index (χ1) is 9.32. The minimum atomic E-state index is -1.58. The Labute approximate surface area is 124 Å². The van der Waals surface area contributed by atoms with E-state index in [1.165, 1.54) is 12.1 Å². The lowest BCUT2D eigenvalue weighted by Crippen LogP contribution is -2.00. The highest BCUT2D eigenvalue weighted by atomic mass is 35.5. The zero-order valence-electron chi connectivity index (χ0n) is 10.6. The summed E-state index contributed by atoms with van der Waals surface area (Å²) in [6.07, 6.45) is -1.58. The maximum atomic E-state index is 14.2. The molecule has 106 valence electrons. The summed E-state index contributed by atoms with van der Waals surface area (Å²) in [6, 6.07) is 3.95. The van der Waals surface area contributed by atoms with E-state index in [9.17, 15) is 13.2 Å². The van der Waals surface area contributed by atoms with E-state index in [-0.39, 0.29) is 27.0 Å². The van der Waals surface area contributed by atoms with E-state index in [1.54, 1.807) is 6.92 Å². The van der Waals surface area contributed by atoms with Gasteiger partial charge in [-0.25, -0.2) is 18.2 Å². The summed E-state index contributed by atoms with van der Waals surface area (Å²) in [5.74, 6) is -1.75. The third-order valence-corrected chi connectivity index (χ3v) is 3.57. The molecular weight excluding hydrogens is 310 g/mol. The summed E-state index contributed by atoms with van der Waals surface area (Å²) in [7, 11) is 0. The van der Waals surface area contributed by atoms with Gasteiger partial charge in [0, 0.05) is 11.1 Å². The molecule has 0 saturated carbocycles. The van der Waals surface area contributed by atoms with E-state index in [4.69, 9.17) is 23.2 Å². The molecule has 2 rings (SSSR count). The number of aromatic nitrogens is 1. The SMILES string of the molecule is Cc1ccc(-c2nc(Cl)cc(C(C)F)c2F)c(F)c1Cl. The van der Waals surface area contributed by atoms with Crippen molar-refractivity contribution in [3.63, 3.8) is 0 Å². The lowest BCUT2D eigenvalue weighted by atomic mass is 10.0. The van der Waals surface area contributed by atoms with Gasteiger partial charge in [-0.15, -0.1) is 0 Å². The van der Waals surface area contributed by atoms with Crippen LogP contribution in [0.4, 0.5) is 13.2 Å². The van der Waals surface area contributed by atoms with Gasteiger partial charge in [-0.2, -0.15) is 0 Å². The second-order valence-electron chi connectivity index (χ2n) is 4.37. The predicted molar refractivity (Wildman–Crippen MR) is 73.9 cm³/mol. The number of nitrogens with zero attached hydrogens (tertiary/aromatic N) is 1. The molecule has 0 bridgehead atoms. The maximum Gasteiger partial charge on any atom is 0.155 e. The van der Waals surface area contributed by atoms with Crippen LogP contribution in [0.5, 0.6) is 0 Å². The van der Waals surface area contributed by atoms with E-state index in [0.717, 1.165) is 13.0 Å². The van der Waals surface area contributed by atoms with Crippen LogP contribution in [0, 0.1) is 18.6 Å². The first-order valence-corrected chi connectivity index (χ1v) is 6.53. The van der Waals surface area contributed by atoms with Gasteiger partial charge in [0.2, 0.25) is 0 Å². The fourth-order valence-electron chi connectivity index (χ4n) is 1.81. The summed E-state index contributed by atoms with van der Waals surface area (Å²) < 4.78 is 41.7. The highest BCUT2D eigenvalue weighted by Gasteiger charge is 2.21. The van der Waals surface area contributed by atoms with Crippen molar-refractivity contribution in [3.8, 4) is 11.3 Å². The molecule has 1 aromatic heterocycles. The average molecular weight is 320 g/mol. The van der Waals surface area contributed by atoms with Crippen LogP contribution >= 0.6 is 23.2 Å². The lowest BCUT2D eigenvalue weighted by Gasteiger charge is -2.11. The van der Waals surface area contributed by atoms with Crippen molar-refractivity contribution in [2.45, 2.75) is 20.0 Å². The summed E-state index contributed by atoms with van der Waals surface area (Å²) in [6.45, 7) is 2.78. The van der Waals surface area contributed by atoms with Gasteiger partial charge >= 0.3 is 0 Å². The Bertz CT molecular complexity index is 672. The quantitative estimate of drug-likeness (QED) is 0.649. The second-order valence-corrected chi connectivity index (χ2v) is 5.14. The number of rotatable bonds is 2. The molecule has 1 aromatic carbocycles. The number of aryl methyl sites for hydroxylation is 1. The Morgan fingerprint density at radius 1 is 1.15 bits per heavy atom. The molecular formula is C14H10Cl2F3N. The smallest absolute Gasteiger partial charge is 0.155 e. The largest absolute Gasteiger partial charge is 0.242 e. The molecule has 0 spiro atoms. The number of halogens is 5. The third-order valence-electron chi connectivity index (χ3n) is 2.91. The molecule has 0 aliphatic carbocycles. The Hall–Kier alpha value is -1.26. The van der Waals surface area contributed by atoms with Gasteiger partial charge in [-0.1, -0.05) is 29.3 Å². The van der Waals surface area contributed by atoms with Crippen LogP contribution in [0.2, 0.25) is 10.2 Å². The number of pyridine rings is 1. The van der Waals surface area contributed by atoms with Crippen LogP contribution in [0.15, 0.2) is 18.2 Å². The highest BCUT2D eigenvalue weighted by Crippen LogP contribution is 2.34. The van der Waals surface area contributed by atoms with E-state index in [1.807, 2.05) is 0 Å². The number of hydrogen-bond donors (Lipinski definition) is 0. The van der Waals surface area contributed by atoms with Crippen molar-refractivity contribution in [2.75, 3.05) is 0 Å². The minimum absolute atomic E-state index is 0.114. The number of benzene rings is 1. The monoisotopic (exact) mass is 319 g/mol. The fraction of sp³-hybridized carbons (Fsp3) is 0.214. The van der Waals surface area contributed by atoms with E-state index >= 15 is 0 Å². The van der Waals surface area contributed by atoms with Gasteiger partial charge in [0.15, 0.2) is 11.6 Å². The van der Waals surface area contributed by atoms with E-state index in [0.29, 0.717) is 5.56 Å². The van der Waals surface area contributed by atoms with Crippen LogP contribution in [-0.4, -0.2) is 4.98 Å². The van der Waals surface area contributed by atoms with Gasteiger partial charge in [0.05, 0.1) is 5.02 Å². The molecule has 0 amide bonds. The molecule has 2 aromatic rings. The van der Waals surface area contributed by atoms with Crippen LogP contribution in [0.1, 0.15) is 24.2 Å². The Morgan fingerprint density at radius 2 is 1.80 bits per heavy atom. The molecule has 1 atom stereocenters. The van der Waals surface area contributed by atoms with Gasteiger partial charge in [0.1, 0.15) is 17.0 Å². The Morgan fingerprint density at radius 3 is 2.40 bits per heavy atom. The third kappa shape index (κ3) is 2.63. The topological polar surface area (TPSA) is 12.9 Å². The molecule has 6 heteroatoms. The summed E-state index contributed by atoms with van der Waals surface area (Å²) >= 11 is 11.5. The molecule has 0 fully saturated rings. The summed E-state index contributed by atoms with van der Waals surface area (Å²) in [5, 5.41) is -0.240. The normalized spacial score (nSPS) is 12.6.